The molecular formula is C20H19FN4O2S. The molecule has 28 heavy (non-hydrogen) atoms. The van der Waals surface area contributed by atoms with Gasteiger partial charge in [-0.05, 0) is 29.8 Å². The molecule has 2 aromatic heterocycles. The number of anilines is 1. The summed E-state index contributed by atoms with van der Waals surface area (Å²) in [7, 11) is 0. The molecular weight excluding hydrogens is 379 g/mol. The molecule has 0 radical (unpaired) electrons. The lowest BCUT2D eigenvalue weighted by atomic mass is 10.2. The zero-order chi connectivity index (χ0) is 19.3. The van der Waals surface area contributed by atoms with Gasteiger partial charge in [-0.1, -0.05) is 12.1 Å². The van der Waals surface area contributed by atoms with Gasteiger partial charge >= 0.3 is 0 Å². The number of benzene rings is 1. The minimum atomic E-state index is -0.299. The van der Waals surface area contributed by atoms with Gasteiger partial charge in [-0.15, -0.1) is 11.3 Å². The molecule has 3 aromatic rings. The summed E-state index contributed by atoms with van der Waals surface area (Å²) in [6.45, 7) is 3.42. The minimum absolute atomic E-state index is 0.260. The van der Waals surface area contributed by atoms with Crippen LogP contribution in [-0.2, 0) is 11.3 Å². The first-order chi connectivity index (χ1) is 13.7. The number of hydrogen-bond acceptors (Lipinski definition) is 6. The van der Waals surface area contributed by atoms with Crippen molar-refractivity contribution in [1.29, 1.82) is 0 Å². The summed E-state index contributed by atoms with van der Waals surface area (Å²) in [5.41, 5.74) is 2.06. The first-order valence-electron chi connectivity index (χ1n) is 8.96. The van der Waals surface area contributed by atoms with Crippen LogP contribution in [0.1, 0.15) is 16.1 Å². The van der Waals surface area contributed by atoms with Crippen LogP contribution in [0.5, 0.6) is 0 Å². The lowest BCUT2D eigenvalue weighted by Gasteiger charge is -2.27. The third kappa shape index (κ3) is 4.35. The first-order valence-corrected chi connectivity index (χ1v) is 9.84. The second-order valence-electron chi connectivity index (χ2n) is 6.35. The Kier molecular flexibility index (Phi) is 5.59. The quantitative estimate of drug-likeness (QED) is 0.715. The zero-order valence-electron chi connectivity index (χ0n) is 15.1. The van der Waals surface area contributed by atoms with Crippen LogP contribution in [0.3, 0.4) is 0 Å². The number of carbonyl (C=O) groups is 1. The summed E-state index contributed by atoms with van der Waals surface area (Å²) < 4.78 is 18.3. The van der Waals surface area contributed by atoms with Crippen molar-refractivity contribution in [3.8, 4) is 10.6 Å². The normalized spacial score (nSPS) is 14.1. The van der Waals surface area contributed by atoms with E-state index in [9.17, 15) is 9.18 Å². The predicted octanol–water partition coefficient (Wildman–Crippen LogP) is 3.11. The number of pyridine rings is 1. The molecule has 8 heteroatoms. The smallest absolute Gasteiger partial charge is 0.271 e. The van der Waals surface area contributed by atoms with E-state index >= 15 is 0 Å². The van der Waals surface area contributed by atoms with E-state index in [-0.39, 0.29) is 11.7 Å². The zero-order valence-corrected chi connectivity index (χ0v) is 15.9. The molecule has 0 bridgehead atoms. The fourth-order valence-electron chi connectivity index (χ4n) is 2.88. The number of nitrogens with one attached hydrogen (secondary N) is 1. The largest absolute Gasteiger partial charge is 0.378 e. The number of morpholine rings is 1. The number of carbonyl (C=O) groups excluding carboxylic acids is 1. The minimum Gasteiger partial charge on any atom is -0.378 e. The van der Waals surface area contributed by atoms with Gasteiger partial charge in [0, 0.05) is 36.8 Å². The van der Waals surface area contributed by atoms with Crippen molar-refractivity contribution in [2.24, 2.45) is 0 Å². The molecule has 0 spiro atoms. The lowest BCUT2D eigenvalue weighted by molar-refractivity contribution is 0.0946. The molecule has 1 N–H and O–H groups in total. The van der Waals surface area contributed by atoms with Crippen LogP contribution in [0.15, 0.2) is 48.0 Å². The van der Waals surface area contributed by atoms with Crippen molar-refractivity contribution in [2.45, 2.75) is 6.54 Å². The number of aromatic nitrogens is 2. The molecule has 1 amide bonds. The Balaban J connectivity index is 1.39. The highest BCUT2D eigenvalue weighted by Gasteiger charge is 2.14. The highest BCUT2D eigenvalue weighted by Crippen LogP contribution is 2.25. The Labute approximate surface area is 166 Å². The Morgan fingerprint density at radius 1 is 1.18 bits per heavy atom. The van der Waals surface area contributed by atoms with E-state index in [0.29, 0.717) is 25.5 Å². The van der Waals surface area contributed by atoms with Gasteiger partial charge in [0.2, 0.25) is 0 Å². The summed E-state index contributed by atoms with van der Waals surface area (Å²) >= 11 is 1.40. The summed E-state index contributed by atoms with van der Waals surface area (Å²) in [4.78, 5) is 23.4. The standard InChI is InChI=1S/C20H19FN4O2S/c21-16-4-1-14(2-5-16)11-23-19(26)17-13-28-20(24-17)15-3-6-18(22-12-15)25-7-9-27-10-8-25/h1-6,12-13H,7-11H2,(H,23,26). The molecule has 0 atom stereocenters. The summed E-state index contributed by atoms with van der Waals surface area (Å²) in [5.74, 6) is 0.359. The molecule has 0 saturated carbocycles. The lowest BCUT2D eigenvalue weighted by Crippen LogP contribution is -2.36. The van der Waals surface area contributed by atoms with Gasteiger partial charge < -0.3 is 15.0 Å². The third-order valence-corrected chi connectivity index (χ3v) is 5.32. The van der Waals surface area contributed by atoms with Gasteiger partial charge in [-0.3, -0.25) is 4.79 Å². The van der Waals surface area contributed by atoms with Gasteiger partial charge in [0.1, 0.15) is 22.3 Å². The Bertz CT molecular complexity index is 938. The molecule has 1 aliphatic heterocycles. The number of rotatable bonds is 5. The monoisotopic (exact) mass is 398 g/mol. The van der Waals surface area contributed by atoms with E-state index in [0.717, 1.165) is 35.0 Å². The number of halogens is 1. The molecule has 1 saturated heterocycles. The number of amides is 1. The van der Waals surface area contributed by atoms with Crippen LogP contribution in [0.2, 0.25) is 0 Å². The van der Waals surface area contributed by atoms with Crippen LogP contribution in [-0.4, -0.2) is 42.2 Å². The van der Waals surface area contributed by atoms with E-state index < -0.39 is 0 Å². The maximum atomic E-state index is 12.9. The first kappa shape index (κ1) is 18.5. The molecule has 144 valence electrons. The molecule has 3 heterocycles. The molecule has 0 aliphatic carbocycles. The van der Waals surface area contributed by atoms with Crippen LogP contribution in [0.4, 0.5) is 10.2 Å². The number of ether oxygens (including phenoxy) is 1. The van der Waals surface area contributed by atoms with Crippen molar-refractivity contribution in [2.75, 3.05) is 31.2 Å². The highest BCUT2D eigenvalue weighted by molar-refractivity contribution is 7.13. The summed E-state index contributed by atoms with van der Waals surface area (Å²) in [6.07, 6.45) is 1.78. The molecule has 1 fully saturated rings. The fraction of sp³-hybridized carbons (Fsp3) is 0.250. The van der Waals surface area contributed by atoms with E-state index in [1.54, 1.807) is 23.7 Å². The van der Waals surface area contributed by atoms with Gasteiger partial charge in [0.15, 0.2) is 0 Å². The molecule has 1 aliphatic rings. The fourth-order valence-corrected chi connectivity index (χ4v) is 3.67. The van der Waals surface area contributed by atoms with Crippen molar-refractivity contribution in [1.82, 2.24) is 15.3 Å². The SMILES string of the molecule is O=C(NCc1ccc(F)cc1)c1csc(-c2ccc(N3CCOCC3)nc2)n1. The van der Waals surface area contributed by atoms with Crippen molar-refractivity contribution < 1.29 is 13.9 Å². The Morgan fingerprint density at radius 3 is 2.68 bits per heavy atom. The van der Waals surface area contributed by atoms with Crippen molar-refractivity contribution in [3.05, 3.63) is 65.0 Å². The van der Waals surface area contributed by atoms with Crippen molar-refractivity contribution in [3.63, 3.8) is 0 Å². The summed E-state index contributed by atoms with van der Waals surface area (Å²) in [6, 6.07) is 9.97. The second kappa shape index (κ2) is 8.45. The topological polar surface area (TPSA) is 67.4 Å². The third-order valence-electron chi connectivity index (χ3n) is 4.43. The molecule has 1 aromatic carbocycles. The predicted molar refractivity (Wildman–Crippen MR) is 106 cm³/mol. The number of thiazole rings is 1. The maximum Gasteiger partial charge on any atom is 0.271 e. The van der Waals surface area contributed by atoms with Gasteiger partial charge in [-0.2, -0.15) is 0 Å². The molecule has 4 rings (SSSR count). The molecule has 0 unspecified atom stereocenters. The number of hydrogen-bond donors (Lipinski definition) is 1. The van der Waals surface area contributed by atoms with E-state index in [2.05, 4.69) is 20.2 Å². The van der Waals surface area contributed by atoms with Crippen LogP contribution >= 0.6 is 11.3 Å². The second-order valence-corrected chi connectivity index (χ2v) is 7.21. The van der Waals surface area contributed by atoms with Gasteiger partial charge in [0.25, 0.3) is 5.91 Å². The number of nitrogens with zero attached hydrogens (tertiary/aromatic N) is 3. The van der Waals surface area contributed by atoms with E-state index in [4.69, 9.17) is 4.74 Å². The highest BCUT2D eigenvalue weighted by atomic mass is 32.1. The van der Waals surface area contributed by atoms with Crippen LogP contribution < -0.4 is 10.2 Å². The Morgan fingerprint density at radius 2 is 1.96 bits per heavy atom. The van der Waals surface area contributed by atoms with Crippen LogP contribution in [0, 0.1) is 5.82 Å². The Hall–Kier alpha value is -2.84. The summed E-state index contributed by atoms with van der Waals surface area (Å²) in [5, 5.41) is 5.27. The molecule has 6 nitrogen and oxygen atoms in total. The maximum absolute atomic E-state index is 12.9. The average molecular weight is 398 g/mol. The average Bonchev–Trinajstić information content (AvgIpc) is 3.24. The van der Waals surface area contributed by atoms with Gasteiger partial charge in [0.05, 0.1) is 13.2 Å². The van der Waals surface area contributed by atoms with E-state index in [1.165, 1.54) is 23.5 Å². The van der Waals surface area contributed by atoms with E-state index in [1.807, 2.05) is 12.1 Å². The van der Waals surface area contributed by atoms with Crippen LogP contribution in [0.25, 0.3) is 10.6 Å². The van der Waals surface area contributed by atoms with Gasteiger partial charge in [-0.25, -0.2) is 14.4 Å². The van der Waals surface area contributed by atoms with Crippen molar-refractivity contribution >= 4 is 23.1 Å².